The predicted molar refractivity (Wildman–Crippen MR) is 109 cm³/mol. The van der Waals surface area contributed by atoms with Crippen LogP contribution >= 0.6 is 11.6 Å². The summed E-state index contributed by atoms with van der Waals surface area (Å²) in [6.45, 7) is 1.19. The van der Waals surface area contributed by atoms with Crippen LogP contribution in [0.5, 0.6) is 0 Å². The molecule has 0 aliphatic carbocycles. The largest absolute Gasteiger partial charge is 0.465 e. The molecule has 0 fully saturated rings. The summed E-state index contributed by atoms with van der Waals surface area (Å²) in [4.78, 5) is 52.9. The van der Waals surface area contributed by atoms with E-state index in [-0.39, 0.29) is 22.0 Å². The fourth-order valence-corrected chi connectivity index (χ4v) is 2.80. The number of nitrogens with zero attached hydrogens (tertiary/aromatic N) is 2. The lowest BCUT2D eigenvalue weighted by molar-refractivity contribution is -0.126. The first-order valence-electron chi connectivity index (χ1n) is 8.60. The summed E-state index contributed by atoms with van der Waals surface area (Å²) < 4.78 is 4.68. The van der Waals surface area contributed by atoms with E-state index in [1.807, 2.05) is 0 Å². The van der Waals surface area contributed by atoms with Gasteiger partial charge in [0.2, 0.25) is 6.04 Å². The Morgan fingerprint density at radius 3 is 2.53 bits per heavy atom. The van der Waals surface area contributed by atoms with Gasteiger partial charge >= 0.3 is 11.7 Å². The van der Waals surface area contributed by atoms with E-state index in [1.54, 1.807) is 12.1 Å². The van der Waals surface area contributed by atoms with Crippen molar-refractivity contribution in [3.8, 4) is 0 Å². The van der Waals surface area contributed by atoms with Crippen molar-refractivity contribution in [2.45, 2.75) is 13.0 Å². The number of rotatable bonds is 6. The van der Waals surface area contributed by atoms with E-state index in [2.05, 4.69) is 30.3 Å². The Morgan fingerprint density at radius 1 is 1.10 bits per heavy atom. The molecule has 1 unspecified atom stereocenters. The highest BCUT2D eigenvalue weighted by atomic mass is 35.5. The monoisotopic (exact) mass is 429 g/mol. The molecular formula is C19H16ClN5O5. The van der Waals surface area contributed by atoms with E-state index in [4.69, 9.17) is 11.6 Å². The van der Waals surface area contributed by atoms with Gasteiger partial charge in [0.15, 0.2) is 5.78 Å². The number of aromatic nitrogens is 2. The molecule has 3 aromatic rings. The number of aromatic amines is 2. The lowest BCUT2D eigenvalue weighted by Crippen LogP contribution is -2.31. The van der Waals surface area contributed by atoms with Crippen molar-refractivity contribution in [3.05, 3.63) is 57.5 Å². The van der Waals surface area contributed by atoms with Gasteiger partial charge in [-0.1, -0.05) is 11.6 Å². The number of halogens is 1. The number of nitrogens with one attached hydrogen (secondary N) is 3. The van der Waals surface area contributed by atoms with Crippen molar-refractivity contribution in [2.75, 3.05) is 12.4 Å². The molecule has 1 heterocycles. The molecule has 0 spiro atoms. The van der Waals surface area contributed by atoms with Gasteiger partial charge in [0.25, 0.3) is 5.91 Å². The van der Waals surface area contributed by atoms with Crippen molar-refractivity contribution in [1.82, 2.24) is 9.97 Å². The standard InChI is InChI=1S/C19H16ClN5O5/c1-9(26)16(25-24-14-7-10(20)3-5-12(14)18(28)30-2)17(27)21-11-4-6-13-15(8-11)23-19(29)22-13/h3-8,16H,1-2H3,(H,21,27)(H2,22,23,29). The molecule has 30 heavy (non-hydrogen) atoms. The third-order valence-corrected chi connectivity index (χ3v) is 4.30. The van der Waals surface area contributed by atoms with Crippen LogP contribution in [0.1, 0.15) is 17.3 Å². The molecule has 1 aromatic heterocycles. The van der Waals surface area contributed by atoms with Gasteiger partial charge in [-0.3, -0.25) is 9.59 Å². The lowest BCUT2D eigenvalue weighted by atomic mass is 10.2. The smallest absolute Gasteiger partial charge is 0.340 e. The molecule has 11 heteroatoms. The molecule has 2 aromatic carbocycles. The zero-order valence-electron chi connectivity index (χ0n) is 15.9. The minimum absolute atomic E-state index is 0.0553. The van der Waals surface area contributed by atoms with Crippen LogP contribution < -0.4 is 11.0 Å². The SMILES string of the molecule is COC(=O)c1ccc(Cl)cc1N=NC(C(C)=O)C(=O)Nc1ccc2[nH]c(=O)[nH]c2c1. The minimum Gasteiger partial charge on any atom is -0.465 e. The number of H-pyrrole nitrogens is 2. The number of azo groups is 1. The van der Waals surface area contributed by atoms with Crippen LogP contribution in [0.3, 0.4) is 0 Å². The number of imidazole rings is 1. The van der Waals surface area contributed by atoms with E-state index >= 15 is 0 Å². The maximum absolute atomic E-state index is 12.6. The fraction of sp³-hybridized carbons (Fsp3) is 0.158. The number of hydrogen-bond donors (Lipinski definition) is 3. The summed E-state index contributed by atoms with van der Waals surface area (Å²) in [6.07, 6.45) is 0. The van der Waals surface area contributed by atoms with Crippen molar-refractivity contribution in [1.29, 1.82) is 0 Å². The Morgan fingerprint density at radius 2 is 1.83 bits per heavy atom. The number of esters is 1. The average Bonchev–Trinajstić information content (AvgIpc) is 3.06. The van der Waals surface area contributed by atoms with Gasteiger partial charge in [-0.25, -0.2) is 9.59 Å². The topological polar surface area (TPSA) is 146 Å². The zero-order chi connectivity index (χ0) is 21.8. The van der Waals surface area contributed by atoms with Crippen LogP contribution in [0.25, 0.3) is 11.0 Å². The van der Waals surface area contributed by atoms with Crippen LogP contribution in [0.4, 0.5) is 11.4 Å². The Labute approximate surface area is 174 Å². The fourth-order valence-electron chi connectivity index (χ4n) is 2.63. The predicted octanol–water partition coefficient (Wildman–Crippen LogP) is 2.98. The molecule has 154 valence electrons. The minimum atomic E-state index is -1.46. The van der Waals surface area contributed by atoms with Gasteiger partial charge in [0.05, 0.1) is 23.7 Å². The van der Waals surface area contributed by atoms with Crippen LogP contribution in [-0.2, 0) is 14.3 Å². The van der Waals surface area contributed by atoms with Crippen molar-refractivity contribution in [3.63, 3.8) is 0 Å². The molecule has 0 saturated heterocycles. The maximum atomic E-state index is 12.6. The number of carbonyl (C=O) groups is 3. The summed E-state index contributed by atoms with van der Waals surface area (Å²) in [5.74, 6) is -1.96. The molecule has 3 rings (SSSR count). The molecule has 0 bridgehead atoms. The molecular weight excluding hydrogens is 414 g/mol. The summed E-state index contributed by atoms with van der Waals surface area (Å²) in [6, 6.07) is 7.47. The first-order valence-corrected chi connectivity index (χ1v) is 8.98. The average molecular weight is 430 g/mol. The highest BCUT2D eigenvalue weighted by Crippen LogP contribution is 2.25. The number of amides is 1. The van der Waals surface area contributed by atoms with Gasteiger partial charge in [-0.2, -0.15) is 10.2 Å². The van der Waals surface area contributed by atoms with E-state index in [0.29, 0.717) is 16.7 Å². The lowest BCUT2D eigenvalue weighted by Gasteiger charge is -2.10. The summed E-state index contributed by atoms with van der Waals surface area (Å²) in [5, 5.41) is 10.5. The molecule has 0 radical (unpaired) electrons. The van der Waals surface area contributed by atoms with Crippen molar-refractivity contribution in [2.24, 2.45) is 10.2 Å². The number of benzene rings is 2. The summed E-state index contributed by atoms with van der Waals surface area (Å²) in [7, 11) is 1.21. The van der Waals surface area contributed by atoms with E-state index < -0.39 is 23.7 Å². The van der Waals surface area contributed by atoms with Gasteiger partial charge in [-0.05, 0) is 43.3 Å². The Kier molecular flexibility index (Phi) is 6.07. The van der Waals surface area contributed by atoms with E-state index in [1.165, 1.54) is 38.3 Å². The number of fused-ring (bicyclic) bond motifs is 1. The molecule has 3 N–H and O–H groups in total. The van der Waals surface area contributed by atoms with E-state index in [0.717, 1.165) is 0 Å². The van der Waals surface area contributed by atoms with Crippen LogP contribution in [0.2, 0.25) is 5.02 Å². The third kappa shape index (κ3) is 4.61. The van der Waals surface area contributed by atoms with Gasteiger partial charge in [0, 0.05) is 10.7 Å². The molecule has 0 aliphatic heterocycles. The number of anilines is 1. The molecule has 1 atom stereocenters. The van der Waals surface area contributed by atoms with Crippen molar-refractivity contribution < 1.29 is 19.1 Å². The molecule has 1 amide bonds. The number of hydrogen-bond acceptors (Lipinski definition) is 7. The number of Topliss-reactive ketones (excluding diaryl/α,β-unsaturated/α-hetero) is 1. The van der Waals surface area contributed by atoms with Crippen LogP contribution in [-0.4, -0.2) is 40.8 Å². The molecule has 10 nitrogen and oxygen atoms in total. The summed E-state index contributed by atoms with van der Waals surface area (Å²) in [5.41, 5.74) is 1.15. The highest BCUT2D eigenvalue weighted by molar-refractivity contribution is 6.31. The normalized spacial score (nSPS) is 12.1. The number of methoxy groups -OCH3 is 1. The first-order chi connectivity index (χ1) is 14.3. The Balaban J connectivity index is 1.85. The number of ketones is 1. The second-order valence-corrected chi connectivity index (χ2v) is 6.65. The molecule has 0 aliphatic rings. The maximum Gasteiger partial charge on any atom is 0.340 e. The second kappa shape index (κ2) is 8.70. The van der Waals surface area contributed by atoms with Gasteiger partial charge in [-0.15, -0.1) is 0 Å². The molecule has 0 saturated carbocycles. The Hall–Kier alpha value is -3.79. The summed E-state index contributed by atoms with van der Waals surface area (Å²) >= 11 is 5.93. The number of ether oxygens (including phenoxy) is 1. The van der Waals surface area contributed by atoms with Crippen molar-refractivity contribution >= 4 is 51.7 Å². The highest BCUT2D eigenvalue weighted by Gasteiger charge is 2.24. The van der Waals surface area contributed by atoms with E-state index in [9.17, 15) is 19.2 Å². The first kappa shape index (κ1) is 20.9. The zero-order valence-corrected chi connectivity index (χ0v) is 16.6. The van der Waals surface area contributed by atoms with Gasteiger partial charge < -0.3 is 20.0 Å². The van der Waals surface area contributed by atoms with Crippen LogP contribution in [0, 0.1) is 0 Å². The quantitative estimate of drug-likeness (QED) is 0.313. The third-order valence-electron chi connectivity index (χ3n) is 4.06. The van der Waals surface area contributed by atoms with Crippen LogP contribution in [0.15, 0.2) is 51.4 Å². The van der Waals surface area contributed by atoms with Gasteiger partial charge in [0.1, 0.15) is 5.69 Å². The second-order valence-electron chi connectivity index (χ2n) is 6.21. The number of carbonyl (C=O) groups excluding carboxylic acids is 3. The Bertz CT molecular complexity index is 1230.